The molecule has 5 nitrogen and oxygen atoms in total. The summed E-state index contributed by atoms with van der Waals surface area (Å²) in [6.07, 6.45) is 5.46. The first-order chi connectivity index (χ1) is 8.92. The minimum absolute atomic E-state index is 0.824. The summed E-state index contributed by atoms with van der Waals surface area (Å²) in [6.45, 7) is 2.58. The molecule has 2 aromatic rings. The molecule has 3 heterocycles. The summed E-state index contributed by atoms with van der Waals surface area (Å²) in [5, 5.41) is 6.08. The van der Waals surface area contributed by atoms with Gasteiger partial charge in [0.05, 0.1) is 6.54 Å². The quantitative estimate of drug-likeness (QED) is 0.913. The van der Waals surface area contributed by atoms with E-state index in [4.69, 9.17) is 0 Å². The Hall–Kier alpha value is -1.95. The normalized spacial score (nSPS) is 14.7. The maximum Gasteiger partial charge on any atom is 0.200 e. The van der Waals surface area contributed by atoms with Crippen LogP contribution >= 0.6 is 11.3 Å². The minimum Gasteiger partial charge on any atom is -0.336 e. The van der Waals surface area contributed by atoms with Crippen molar-refractivity contribution in [1.29, 1.82) is 0 Å². The second-order valence-electron chi connectivity index (χ2n) is 3.95. The van der Waals surface area contributed by atoms with Crippen molar-refractivity contribution in [3.63, 3.8) is 0 Å². The van der Waals surface area contributed by atoms with Crippen LogP contribution in [0.4, 0.5) is 5.13 Å². The number of hydrogen-bond acceptors (Lipinski definition) is 6. The van der Waals surface area contributed by atoms with Gasteiger partial charge in [-0.15, -0.1) is 11.3 Å². The van der Waals surface area contributed by atoms with Crippen molar-refractivity contribution in [3.05, 3.63) is 41.7 Å². The van der Waals surface area contributed by atoms with Crippen LogP contribution in [0.15, 0.2) is 41.1 Å². The molecule has 1 aliphatic heterocycles. The molecule has 0 amide bonds. The van der Waals surface area contributed by atoms with Crippen molar-refractivity contribution in [3.8, 4) is 0 Å². The van der Waals surface area contributed by atoms with Crippen molar-refractivity contribution in [2.75, 3.05) is 18.4 Å². The first kappa shape index (κ1) is 11.2. The topological polar surface area (TPSA) is 53.4 Å². The summed E-state index contributed by atoms with van der Waals surface area (Å²) in [7, 11) is 0. The number of anilines is 1. The molecule has 0 aromatic carbocycles. The zero-order valence-corrected chi connectivity index (χ0v) is 10.6. The highest BCUT2D eigenvalue weighted by atomic mass is 32.1. The largest absolute Gasteiger partial charge is 0.336 e. The highest BCUT2D eigenvalue weighted by Gasteiger charge is 2.17. The molecule has 92 valence electrons. The van der Waals surface area contributed by atoms with E-state index in [1.54, 1.807) is 23.7 Å². The van der Waals surface area contributed by atoms with E-state index in [1.165, 1.54) is 5.56 Å². The van der Waals surface area contributed by atoms with E-state index in [9.17, 15) is 0 Å². The Balaban J connectivity index is 1.68. The fraction of sp³-hybridized carbons (Fsp3) is 0.250. The third-order valence-corrected chi connectivity index (χ3v) is 3.37. The molecule has 2 aromatic heterocycles. The molecule has 0 fully saturated rings. The van der Waals surface area contributed by atoms with E-state index in [-0.39, 0.29) is 0 Å². The summed E-state index contributed by atoms with van der Waals surface area (Å²) in [5.41, 5.74) is 1.19. The zero-order valence-electron chi connectivity index (χ0n) is 9.78. The van der Waals surface area contributed by atoms with Crippen molar-refractivity contribution < 1.29 is 0 Å². The standard InChI is InChI=1S/C12H13N5S/c1-2-10(8-13-3-1)9-17-6-4-14-11(17)16-12-15-5-7-18-12/h1-3,5,7-8H,4,6,9H2,(H,14,15,16). The Morgan fingerprint density at radius 1 is 1.39 bits per heavy atom. The Bertz CT molecular complexity index is 523. The summed E-state index contributed by atoms with van der Waals surface area (Å²) in [5.74, 6) is 0.897. The monoisotopic (exact) mass is 259 g/mol. The lowest BCUT2D eigenvalue weighted by atomic mass is 10.3. The van der Waals surface area contributed by atoms with Gasteiger partial charge in [0.2, 0.25) is 5.96 Å². The second kappa shape index (κ2) is 5.14. The van der Waals surface area contributed by atoms with Gasteiger partial charge in [-0.3, -0.25) is 9.98 Å². The number of aromatic nitrogens is 2. The van der Waals surface area contributed by atoms with Gasteiger partial charge in [0.15, 0.2) is 5.13 Å². The molecule has 0 aliphatic carbocycles. The van der Waals surface area contributed by atoms with Gasteiger partial charge in [0, 0.05) is 37.1 Å². The summed E-state index contributed by atoms with van der Waals surface area (Å²) < 4.78 is 0. The predicted molar refractivity (Wildman–Crippen MR) is 72.7 cm³/mol. The van der Waals surface area contributed by atoms with E-state index < -0.39 is 0 Å². The van der Waals surface area contributed by atoms with Crippen LogP contribution < -0.4 is 5.32 Å². The number of thiazole rings is 1. The molecule has 0 saturated carbocycles. The third-order valence-electron chi connectivity index (χ3n) is 2.68. The Morgan fingerprint density at radius 3 is 3.17 bits per heavy atom. The highest BCUT2D eigenvalue weighted by molar-refractivity contribution is 7.13. The van der Waals surface area contributed by atoms with Gasteiger partial charge in [-0.25, -0.2) is 4.98 Å². The van der Waals surface area contributed by atoms with Gasteiger partial charge in [-0.05, 0) is 11.6 Å². The van der Waals surface area contributed by atoms with Gasteiger partial charge in [-0.1, -0.05) is 6.07 Å². The molecule has 0 radical (unpaired) electrons. The summed E-state index contributed by atoms with van der Waals surface area (Å²) in [6, 6.07) is 4.03. The van der Waals surface area contributed by atoms with Crippen molar-refractivity contribution in [1.82, 2.24) is 14.9 Å². The lowest BCUT2D eigenvalue weighted by molar-refractivity contribution is 0.450. The number of pyridine rings is 1. The first-order valence-corrected chi connectivity index (χ1v) is 6.64. The van der Waals surface area contributed by atoms with Crippen molar-refractivity contribution in [2.24, 2.45) is 4.99 Å². The van der Waals surface area contributed by atoms with E-state index in [0.29, 0.717) is 0 Å². The smallest absolute Gasteiger partial charge is 0.200 e. The van der Waals surface area contributed by atoms with E-state index in [0.717, 1.165) is 30.7 Å². The summed E-state index contributed by atoms with van der Waals surface area (Å²) in [4.78, 5) is 15.0. The fourth-order valence-corrected chi connectivity index (χ4v) is 2.37. The number of nitrogens with one attached hydrogen (secondary N) is 1. The molecule has 0 spiro atoms. The van der Waals surface area contributed by atoms with Gasteiger partial charge in [-0.2, -0.15) is 0 Å². The lowest BCUT2D eigenvalue weighted by Crippen LogP contribution is -2.32. The molecule has 6 heteroatoms. The molecule has 0 bridgehead atoms. The van der Waals surface area contributed by atoms with Gasteiger partial charge < -0.3 is 10.2 Å². The van der Waals surface area contributed by atoms with E-state index >= 15 is 0 Å². The van der Waals surface area contributed by atoms with E-state index in [2.05, 4.69) is 31.2 Å². The van der Waals surface area contributed by atoms with Gasteiger partial charge in [0.25, 0.3) is 0 Å². The van der Waals surface area contributed by atoms with Crippen LogP contribution in [0.25, 0.3) is 0 Å². The second-order valence-corrected chi connectivity index (χ2v) is 4.84. The number of rotatable bonds is 3. The average Bonchev–Trinajstić information content (AvgIpc) is 3.04. The number of aliphatic imine (C=N–C) groups is 1. The number of nitrogens with zero attached hydrogens (tertiary/aromatic N) is 4. The van der Waals surface area contributed by atoms with Crippen LogP contribution in [0.1, 0.15) is 5.56 Å². The average molecular weight is 259 g/mol. The molecular formula is C12H13N5S. The minimum atomic E-state index is 0.824. The van der Waals surface area contributed by atoms with Gasteiger partial charge in [0.1, 0.15) is 0 Å². The first-order valence-electron chi connectivity index (χ1n) is 5.76. The Labute approximate surface area is 109 Å². The molecule has 1 aliphatic rings. The molecule has 3 rings (SSSR count). The Kier molecular flexibility index (Phi) is 3.18. The summed E-state index contributed by atoms with van der Waals surface area (Å²) >= 11 is 1.58. The van der Waals surface area contributed by atoms with Crippen molar-refractivity contribution in [2.45, 2.75) is 6.54 Å². The molecule has 0 unspecified atom stereocenters. The van der Waals surface area contributed by atoms with E-state index in [1.807, 2.05) is 17.6 Å². The highest BCUT2D eigenvalue weighted by Crippen LogP contribution is 2.14. The predicted octanol–water partition coefficient (Wildman–Crippen LogP) is 1.82. The van der Waals surface area contributed by atoms with Crippen LogP contribution in [0.2, 0.25) is 0 Å². The maximum atomic E-state index is 4.47. The fourth-order valence-electron chi connectivity index (χ4n) is 1.85. The molecule has 0 saturated heterocycles. The number of hydrogen-bond donors (Lipinski definition) is 1. The van der Waals surface area contributed by atoms with Crippen LogP contribution in [-0.4, -0.2) is 33.9 Å². The Morgan fingerprint density at radius 2 is 2.39 bits per heavy atom. The third kappa shape index (κ3) is 2.48. The number of guanidine groups is 1. The van der Waals surface area contributed by atoms with Crippen LogP contribution in [0, 0.1) is 0 Å². The van der Waals surface area contributed by atoms with Crippen LogP contribution in [-0.2, 0) is 6.54 Å². The van der Waals surface area contributed by atoms with Crippen LogP contribution in [0.3, 0.4) is 0 Å². The molecular weight excluding hydrogens is 246 g/mol. The van der Waals surface area contributed by atoms with Gasteiger partial charge >= 0.3 is 0 Å². The lowest BCUT2D eigenvalue weighted by Gasteiger charge is -2.19. The zero-order chi connectivity index (χ0) is 12.2. The molecule has 0 atom stereocenters. The van der Waals surface area contributed by atoms with Crippen LogP contribution in [0.5, 0.6) is 0 Å². The maximum absolute atomic E-state index is 4.47. The molecule has 18 heavy (non-hydrogen) atoms. The SMILES string of the molecule is c1cncc(CN2CCN=C2Nc2nccs2)c1. The molecule has 1 N–H and O–H groups in total. The van der Waals surface area contributed by atoms with Crippen molar-refractivity contribution >= 4 is 22.4 Å².